The molecule has 6 heteroatoms. The minimum absolute atomic E-state index is 0.0275. The topological polar surface area (TPSA) is 58.6 Å². The van der Waals surface area contributed by atoms with E-state index in [1.807, 2.05) is 67.6 Å². The number of carbonyl (C=O) groups excluding carboxylic acids is 2. The Kier molecular flexibility index (Phi) is 6.40. The summed E-state index contributed by atoms with van der Waals surface area (Å²) in [6, 6.07) is 19.2. The molecule has 2 amide bonds. The van der Waals surface area contributed by atoms with Crippen molar-refractivity contribution in [2.24, 2.45) is 0 Å². The monoisotopic (exact) mass is 384 g/mol. The molecule has 0 radical (unpaired) electrons. The molecule has 1 aliphatic heterocycles. The largest absolute Gasteiger partial charge is 0.492 e. The van der Waals surface area contributed by atoms with E-state index in [0.29, 0.717) is 31.2 Å². The molecule has 0 saturated carbocycles. The first-order chi connectivity index (χ1) is 13.1. The van der Waals surface area contributed by atoms with Gasteiger partial charge >= 0.3 is 0 Å². The summed E-state index contributed by atoms with van der Waals surface area (Å²) in [4.78, 5) is 27.1. The first-order valence-electron chi connectivity index (χ1n) is 8.98. The minimum Gasteiger partial charge on any atom is -0.492 e. The maximum atomic E-state index is 12.9. The predicted molar refractivity (Wildman–Crippen MR) is 108 cm³/mol. The summed E-state index contributed by atoms with van der Waals surface area (Å²) in [5, 5.41) is 2.98. The molecular weight excluding hydrogens is 360 g/mol. The fraction of sp³-hybridized carbons (Fsp3) is 0.333. The maximum Gasteiger partial charge on any atom is 0.246 e. The van der Waals surface area contributed by atoms with Gasteiger partial charge in [-0.2, -0.15) is 0 Å². The lowest BCUT2D eigenvalue weighted by molar-refractivity contribution is -0.145. The summed E-state index contributed by atoms with van der Waals surface area (Å²) in [5.74, 6) is 1.57. The van der Waals surface area contributed by atoms with Crippen molar-refractivity contribution in [2.75, 3.05) is 24.7 Å². The molecule has 0 bridgehead atoms. The average Bonchev–Trinajstić information content (AvgIpc) is 2.70. The molecule has 1 unspecified atom stereocenters. The minimum atomic E-state index is -0.880. The van der Waals surface area contributed by atoms with Gasteiger partial charge in [-0.15, -0.1) is 11.8 Å². The molecule has 1 fully saturated rings. The van der Waals surface area contributed by atoms with Crippen LogP contribution in [0.3, 0.4) is 0 Å². The SMILES string of the molecule is CC1(C(=O)NCc2ccccc2)CSCC(=O)N1CCOc1ccccc1. The first-order valence-corrected chi connectivity index (χ1v) is 10.1. The smallest absolute Gasteiger partial charge is 0.246 e. The van der Waals surface area contributed by atoms with Gasteiger partial charge in [0.25, 0.3) is 0 Å². The number of hydrogen-bond acceptors (Lipinski definition) is 4. The summed E-state index contributed by atoms with van der Waals surface area (Å²) in [6.07, 6.45) is 0. The Bertz CT molecular complexity index is 770. The third-order valence-electron chi connectivity index (χ3n) is 4.62. The van der Waals surface area contributed by atoms with Crippen LogP contribution in [0.2, 0.25) is 0 Å². The van der Waals surface area contributed by atoms with Crippen LogP contribution in [-0.2, 0) is 16.1 Å². The van der Waals surface area contributed by atoms with Gasteiger partial charge in [0.2, 0.25) is 11.8 Å². The van der Waals surface area contributed by atoms with Crippen molar-refractivity contribution in [1.29, 1.82) is 0 Å². The van der Waals surface area contributed by atoms with Crippen molar-refractivity contribution < 1.29 is 14.3 Å². The van der Waals surface area contributed by atoms with E-state index in [1.165, 1.54) is 11.8 Å². The van der Waals surface area contributed by atoms with E-state index in [1.54, 1.807) is 4.90 Å². The number of amides is 2. The van der Waals surface area contributed by atoms with Crippen LogP contribution in [0.1, 0.15) is 12.5 Å². The zero-order valence-corrected chi connectivity index (χ0v) is 16.2. The van der Waals surface area contributed by atoms with Crippen LogP contribution >= 0.6 is 11.8 Å². The standard InChI is InChI=1S/C21H24N2O3S/c1-21(20(25)22-14-17-8-4-2-5-9-17)16-27-15-19(24)23(21)12-13-26-18-10-6-3-7-11-18/h2-11H,12-16H2,1H3,(H,22,25). The Morgan fingerprint density at radius 2 is 1.81 bits per heavy atom. The van der Waals surface area contributed by atoms with Crippen molar-refractivity contribution in [1.82, 2.24) is 10.2 Å². The highest BCUT2D eigenvalue weighted by Gasteiger charge is 2.44. The van der Waals surface area contributed by atoms with Gasteiger partial charge in [0.1, 0.15) is 17.9 Å². The zero-order valence-electron chi connectivity index (χ0n) is 15.4. The van der Waals surface area contributed by atoms with Crippen LogP contribution in [0.15, 0.2) is 60.7 Å². The van der Waals surface area contributed by atoms with Gasteiger partial charge in [-0.1, -0.05) is 48.5 Å². The average molecular weight is 385 g/mol. The van der Waals surface area contributed by atoms with Crippen molar-refractivity contribution in [3.63, 3.8) is 0 Å². The molecule has 1 saturated heterocycles. The van der Waals surface area contributed by atoms with Crippen molar-refractivity contribution in [3.05, 3.63) is 66.2 Å². The molecular formula is C21H24N2O3S. The molecule has 1 N–H and O–H groups in total. The second-order valence-electron chi connectivity index (χ2n) is 6.64. The van der Waals surface area contributed by atoms with Crippen LogP contribution in [-0.4, -0.2) is 46.9 Å². The summed E-state index contributed by atoms with van der Waals surface area (Å²) in [5.41, 5.74) is 0.151. The third kappa shape index (κ3) is 4.83. The molecule has 27 heavy (non-hydrogen) atoms. The van der Waals surface area contributed by atoms with Gasteiger partial charge in [-0.3, -0.25) is 9.59 Å². The van der Waals surface area contributed by atoms with Gasteiger partial charge in [0, 0.05) is 12.3 Å². The number of nitrogens with one attached hydrogen (secondary N) is 1. The highest BCUT2D eigenvalue weighted by atomic mass is 32.2. The lowest BCUT2D eigenvalue weighted by atomic mass is 10.00. The maximum absolute atomic E-state index is 12.9. The normalized spacial score (nSPS) is 19.6. The van der Waals surface area contributed by atoms with Crippen LogP contribution < -0.4 is 10.1 Å². The Morgan fingerprint density at radius 1 is 1.15 bits per heavy atom. The molecule has 5 nitrogen and oxygen atoms in total. The molecule has 1 heterocycles. The molecule has 0 aromatic heterocycles. The molecule has 0 spiro atoms. The van der Waals surface area contributed by atoms with Crippen molar-refractivity contribution in [3.8, 4) is 5.75 Å². The van der Waals surface area contributed by atoms with Crippen LogP contribution in [0.4, 0.5) is 0 Å². The van der Waals surface area contributed by atoms with E-state index in [4.69, 9.17) is 4.74 Å². The first kappa shape index (κ1) is 19.3. The third-order valence-corrected chi connectivity index (χ3v) is 5.83. The Hall–Kier alpha value is -2.47. The Labute approximate surface area is 164 Å². The van der Waals surface area contributed by atoms with Crippen LogP contribution in [0.25, 0.3) is 0 Å². The second-order valence-corrected chi connectivity index (χ2v) is 7.63. The molecule has 1 atom stereocenters. The van der Waals surface area contributed by atoms with E-state index in [-0.39, 0.29) is 11.8 Å². The zero-order chi connectivity index (χ0) is 19.1. The fourth-order valence-electron chi connectivity index (χ4n) is 3.07. The van der Waals surface area contributed by atoms with Gasteiger partial charge in [0.15, 0.2) is 0 Å². The van der Waals surface area contributed by atoms with Crippen molar-refractivity contribution >= 4 is 23.6 Å². The van der Waals surface area contributed by atoms with E-state index in [0.717, 1.165) is 11.3 Å². The van der Waals surface area contributed by atoms with Gasteiger partial charge in [0.05, 0.1) is 12.3 Å². The lowest BCUT2D eigenvalue weighted by Crippen LogP contribution is -2.63. The molecule has 142 valence electrons. The summed E-state index contributed by atoms with van der Waals surface area (Å²) in [7, 11) is 0. The fourth-order valence-corrected chi connectivity index (χ4v) is 4.18. The number of para-hydroxylation sites is 1. The summed E-state index contributed by atoms with van der Waals surface area (Å²) >= 11 is 1.50. The number of benzene rings is 2. The lowest BCUT2D eigenvalue weighted by Gasteiger charge is -2.42. The number of nitrogens with zero attached hydrogens (tertiary/aromatic N) is 1. The molecule has 3 rings (SSSR count). The van der Waals surface area contributed by atoms with E-state index >= 15 is 0 Å². The van der Waals surface area contributed by atoms with Gasteiger partial charge < -0.3 is 15.0 Å². The Morgan fingerprint density at radius 3 is 2.52 bits per heavy atom. The van der Waals surface area contributed by atoms with E-state index < -0.39 is 5.54 Å². The van der Waals surface area contributed by atoms with E-state index in [2.05, 4.69) is 5.32 Å². The van der Waals surface area contributed by atoms with E-state index in [9.17, 15) is 9.59 Å². The second kappa shape index (κ2) is 8.95. The molecule has 1 aliphatic rings. The summed E-state index contributed by atoms with van der Waals surface area (Å²) in [6.45, 7) is 3.01. The van der Waals surface area contributed by atoms with Crippen LogP contribution in [0.5, 0.6) is 5.75 Å². The number of carbonyl (C=O) groups is 2. The van der Waals surface area contributed by atoms with Crippen LogP contribution in [0, 0.1) is 0 Å². The number of ether oxygens (including phenoxy) is 1. The number of rotatable bonds is 7. The van der Waals surface area contributed by atoms with Gasteiger partial charge in [-0.05, 0) is 24.6 Å². The molecule has 2 aromatic rings. The molecule has 2 aromatic carbocycles. The molecule has 0 aliphatic carbocycles. The highest BCUT2D eigenvalue weighted by molar-refractivity contribution is 8.00. The van der Waals surface area contributed by atoms with Gasteiger partial charge in [-0.25, -0.2) is 0 Å². The Balaban J connectivity index is 1.62. The number of hydrogen-bond donors (Lipinski definition) is 1. The highest BCUT2D eigenvalue weighted by Crippen LogP contribution is 2.28. The van der Waals surface area contributed by atoms with Crippen molar-refractivity contribution in [2.45, 2.75) is 19.0 Å². The predicted octanol–water partition coefficient (Wildman–Crippen LogP) is 2.72. The quantitative estimate of drug-likeness (QED) is 0.797. The summed E-state index contributed by atoms with van der Waals surface area (Å²) < 4.78 is 5.73. The number of thioether (sulfide) groups is 1.